The quantitative estimate of drug-likeness (QED) is 0.674. The van der Waals surface area contributed by atoms with Gasteiger partial charge in [0.15, 0.2) is 5.82 Å². The molecule has 1 heterocycles. The van der Waals surface area contributed by atoms with E-state index < -0.39 is 0 Å². The fourth-order valence-electron chi connectivity index (χ4n) is 2.25. The largest absolute Gasteiger partial charge is 0.497 e. The molecular weight excluding hydrogens is 350 g/mol. The summed E-state index contributed by atoms with van der Waals surface area (Å²) in [5.41, 5.74) is 1.37. The zero-order valence-corrected chi connectivity index (χ0v) is 15.4. The van der Waals surface area contributed by atoms with E-state index in [0.29, 0.717) is 28.9 Å². The summed E-state index contributed by atoms with van der Waals surface area (Å²) in [6.45, 7) is 2.65. The summed E-state index contributed by atoms with van der Waals surface area (Å²) in [4.78, 5) is 16.8. The van der Waals surface area contributed by atoms with Crippen molar-refractivity contribution in [3.05, 3.63) is 54.1 Å². The van der Waals surface area contributed by atoms with Gasteiger partial charge in [-0.25, -0.2) is 0 Å². The minimum Gasteiger partial charge on any atom is -0.497 e. The van der Waals surface area contributed by atoms with Gasteiger partial charge in [-0.05, 0) is 48.9 Å². The zero-order chi connectivity index (χ0) is 18.4. The third-order valence-electron chi connectivity index (χ3n) is 3.56. The number of rotatable bonds is 7. The summed E-state index contributed by atoms with van der Waals surface area (Å²) in [7, 11) is 1.62. The third-order valence-corrected chi connectivity index (χ3v) is 4.19. The molecule has 0 aliphatic rings. The first-order chi connectivity index (χ1) is 12.7. The van der Waals surface area contributed by atoms with E-state index >= 15 is 0 Å². The minimum absolute atomic E-state index is 0.246. The van der Waals surface area contributed by atoms with Crippen LogP contribution in [0.5, 0.6) is 11.5 Å². The van der Waals surface area contributed by atoms with Crippen LogP contribution in [0.25, 0.3) is 11.4 Å². The van der Waals surface area contributed by atoms with Crippen molar-refractivity contribution in [1.82, 2.24) is 9.36 Å². The average molecular weight is 369 g/mol. The van der Waals surface area contributed by atoms with Gasteiger partial charge in [0.1, 0.15) is 11.5 Å². The van der Waals surface area contributed by atoms with Crippen molar-refractivity contribution in [1.29, 1.82) is 0 Å². The highest BCUT2D eigenvalue weighted by atomic mass is 32.1. The van der Waals surface area contributed by atoms with Gasteiger partial charge in [0, 0.05) is 22.7 Å². The van der Waals surface area contributed by atoms with Crippen molar-refractivity contribution in [2.24, 2.45) is 0 Å². The summed E-state index contributed by atoms with van der Waals surface area (Å²) < 4.78 is 15.0. The van der Waals surface area contributed by atoms with E-state index in [0.717, 1.165) is 29.3 Å². The Morgan fingerprint density at radius 3 is 2.69 bits per heavy atom. The van der Waals surface area contributed by atoms with Crippen molar-refractivity contribution in [2.45, 2.75) is 13.3 Å². The molecule has 0 aliphatic heterocycles. The Bertz CT molecular complexity index is 878. The molecule has 1 aromatic heterocycles. The summed E-state index contributed by atoms with van der Waals surface area (Å²) in [5.74, 6) is 1.76. The monoisotopic (exact) mass is 369 g/mol. The Morgan fingerprint density at radius 1 is 1.15 bits per heavy atom. The Balaban J connectivity index is 1.69. The van der Waals surface area contributed by atoms with E-state index in [9.17, 15) is 4.79 Å². The van der Waals surface area contributed by atoms with Crippen LogP contribution in [0.1, 0.15) is 23.7 Å². The highest BCUT2D eigenvalue weighted by Crippen LogP contribution is 2.24. The second-order valence-corrected chi connectivity index (χ2v) is 6.23. The average Bonchev–Trinajstić information content (AvgIpc) is 3.15. The maximum atomic E-state index is 12.4. The number of carbonyl (C=O) groups is 1. The van der Waals surface area contributed by atoms with E-state index in [1.54, 1.807) is 25.3 Å². The molecule has 0 atom stereocenters. The molecule has 7 heteroatoms. The number of nitrogens with zero attached hydrogens (tertiary/aromatic N) is 2. The van der Waals surface area contributed by atoms with Crippen LogP contribution in [0.4, 0.5) is 5.13 Å². The number of hydrogen-bond donors (Lipinski definition) is 1. The van der Waals surface area contributed by atoms with Gasteiger partial charge < -0.3 is 9.47 Å². The van der Waals surface area contributed by atoms with E-state index in [2.05, 4.69) is 14.7 Å². The first kappa shape index (κ1) is 17.9. The fourth-order valence-corrected chi connectivity index (χ4v) is 2.83. The third kappa shape index (κ3) is 4.37. The SMILES string of the molecule is CCCOc1cccc(C(=O)Nc2nc(-c3ccc(OC)cc3)ns2)c1. The van der Waals surface area contributed by atoms with Crippen LogP contribution in [-0.2, 0) is 0 Å². The Kier molecular flexibility index (Phi) is 5.80. The first-order valence-corrected chi connectivity index (χ1v) is 8.99. The highest BCUT2D eigenvalue weighted by Gasteiger charge is 2.12. The maximum absolute atomic E-state index is 12.4. The van der Waals surface area contributed by atoms with E-state index in [4.69, 9.17) is 9.47 Å². The maximum Gasteiger partial charge on any atom is 0.257 e. The Hall–Kier alpha value is -2.93. The molecule has 2 aromatic carbocycles. The van der Waals surface area contributed by atoms with Crippen molar-refractivity contribution >= 4 is 22.6 Å². The molecule has 0 saturated carbocycles. The molecule has 6 nitrogen and oxygen atoms in total. The van der Waals surface area contributed by atoms with Crippen molar-refractivity contribution < 1.29 is 14.3 Å². The Morgan fingerprint density at radius 2 is 1.96 bits per heavy atom. The van der Waals surface area contributed by atoms with E-state index in [1.165, 1.54) is 0 Å². The molecule has 0 spiro atoms. The molecule has 3 aromatic rings. The molecule has 0 radical (unpaired) electrons. The topological polar surface area (TPSA) is 73.3 Å². The van der Waals surface area contributed by atoms with Crippen LogP contribution in [0.3, 0.4) is 0 Å². The molecule has 1 amide bonds. The molecule has 0 saturated heterocycles. The molecule has 1 N–H and O–H groups in total. The lowest BCUT2D eigenvalue weighted by Gasteiger charge is -2.06. The number of amides is 1. The van der Waals surface area contributed by atoms with Crippen LogP contribution >= 0.6 is 11.5 Å². The van der Waals surface area contributed by atoms with Gasteiger partial charge in [-0.2, -0.15) is 9.36 Å². The minimum atomic E-state index is -0.246. The number of benzene rings is 2. The summed E-state index contributed by atoms with van der Waals surface area (Å²) in [6, 6.07) is 14.5. The van der Waals surface area contributed by atoms with Crippen LogP contribution in [0.15, 0.2) is 48.5 Å². The highest BCUT2D eigenvalue weighted by molar-refractivity contribution is 7.10. The molecule has 0 unspecified atom stereocenters. The number of methoxy groups -OCH3 is 1. The predicted molar refractivity (Wildman–Crippen MR) is 102 cm³/mol. The lowest BCUT2D eigenvalue weighted by molar-refractivity contribution is 0.102. The molecule has 134 valence electrons. The summed E-state index contributed by atoms with van der Waals surface area (Å²) in [5, 5.41) is 3.23. The summed E-state index contributed by atoms with van der Waals surface area (Å²) >= 11 is 1.14. The number of hydrogen-bond acceptors (Lipinski definition) is 6. The van der Waals surface area contributed by atoms with Gasteiger partial charge in [-0.3, -0.25) is 10.1 Å². The van der Waals surface area contributed by atoms with Gasteiger partial charge in [0.2, 0.25) is 5.13 Å². The van der Waals surface area contributed by atoms with Crippen molar-refractivity contribution in [3.63, 3.8) is 0 Å². The second kappa shape index (κ2) is 8.44. The fraction of sp³-hybridized carbons (Fsp3) is 0.211. The molecule has 3 rings (SSSR count). The van der Waals surface area contributed by atoms with Crippen LogP contribution in [0.2, 0.25) is 0 Å². The second-order valence-electron chi connectivity index (χ2n) is 5.48. The summed E-state index contributed by atoms with van der Waals surface area (Å²) in [6.07, 6.45) is 0.912. The van der Waals surface area contributed by atoms with Gasteiger partial charge in [0.25, 0.3) is 5.91 Å². The molecule has 0 fully saturated rings. The van der Waals surface area contributed by atoms with E-state index in [-0.39, 0.29) is 5.91 Å². The molecular formula is C19H19N3O3S. The number of ether oxygens (including phenoxy) is 2. The number of carbonyl (C=O) groups excluding carboxylic acids is 1. The van der Waals surface area contributed by atoms with Gasteiger partial charge in [-0.15, -0.1) is 0 Å². The molecule has 0 aliphatic carbocycles. The van der Waals surface area contributed by atoms with Gasteiger partial charge in [0.05, 0.1) is 13.7 Å². The van der Waals surface area contributed by atoms with Gasteiger partial charge >= 0.3 is 0 Å². The zero-order valence-electron chi connectivity index (χ0n) is 14.6. The van der Waals surface area contributed by atoms with Gasteiger partial charge in [-0.1, -0.05) is 13.0 Å². The van der Waals surface area contributed by atoms with Crippen LogP contribution < -0.4 is 14.8 Å². The van der Waals surface area contributed by atoms with Crippen LogP contribution in [-0.4, -0.2) is 29.0 Å². The van der Waals surface area contributed by atoms with Crippen LogP contribution in [0, 0.1) is 0 Å². The number of anilines is 1. The standard InChI is InChI=1S/C19H19N3O3S/c1-3-11-25-16-6-4-5-14(12-16)18(23)21-19-20-17(22-26-19)13-7-9-15(24-2)10-8-13/h4-10,12H,3,11H2,1-2H3,(H,20,21,22,23). The number of aromatic nitrogens is 2. The van der Waals surface area contributed by atoms with Crippen molar-refractivity contribution in [3.8, 4) is 22.9 Å². The molecule has 0 bridgehead atoms. The van der Waals surface area contributed by atoms with Crippen molar-refractivity contribution in [2.75, 3.05) is 19.0 Å². The normalized spacial score (nSPS) is 10.4. The lowest BCUT2D eigenvalue weighted by atomic mass is 10.2. The lowest BCUT2D eigenvalue weighted by Crippen LogP contribution is -2.11. The predicted octanol–water partition coefficient (Wildman–Crippen LogP) is 4.25. The molecule has 26 heavy (non-hydrogen) atoms. The smallest absolute Gasteiger partial charge is 0.257 e. The Labute approximate surface area is 156 Å². The number of nitrogens with one attached hydrogen (secondary N) is 1. The first-order valence-electron chi connectivity index (χ1n) is 8.22. The van der Waals surface area contributed by atoms with E-state index in [1.807, 2.05) is 37.3 Å².